The Morgan fingerprint density at radius 1 is 1.36 bits per heavy atom. The van der Waals surface area contributed by atoms with Gasteiger partial charge in [-0.2, -0.15) is 0 Å². The SMILES string of the molecule is CN=C(NCC1(C2CC2)CC1)NC(C)c1ccccc1Cl.I. The van der Waals surface area contributed by atoms with Gasteiger partial charge in [-0.3, -0.25) is 4.99 Å². The maximum Gasteiger partial charge on any atom is 0.191 e. The Morgan fingerprint density at radius 3 is 2.59 bits per heavy atom. The minimum atomic E-state index is 0. The number of aliphatic imine (C=N–C) groups is 1. The third-order valence-electron chi connectivity index (χ3n) is 4.89. The van der Waals surface area contributed by atoms with E-state index in [1.165, 1.54) is 25.7 Å². The molecule has 0 aromatic heterocycles. The van der Waals surface area contributed by atoms with Crippen LogP contribution in [0.5, 0.6) is 0 Å². The molecule has 2 fully saturated rings. The smallest absolute Gasteiger partial charge is 0.191 e. The van der Waals surface area contributed by atoms with Crippen LogP contribution in [0.4, 0.5) is 0 Å². The molecule has 0 aliphatic heterocycles. The normalized spacial score (nSPS) is 20.8. The molecular weight excluding hydrogens is 409 g/mol. The van der Waals surface area contributed by atoms with Crippen molar-refractivity contribution in [3.8, 4) is 0 Å². The number of hydrogen-bond donors (Lipinski definition) is 2. The van der Waals surface area contributed by atoms with Gasteiger partial charge >= 0.3 is 0 Å². The topological polar surface area (TPSA) is 36.4 Å². The number of benzene rings is 1. The van der Waals surface area contributed by atoms with Crippen molar-refractivity contribution < 1.29 is 0 Å². The predicted molar refractivity (Wildman–Crippen MR) is 104 cm³/mol. The molecule has 122 valence electrons. The average molecular weight is 434 g/mol. The average Bonchev–Trinajstić information content (AvgIpc) is 3.37. The summed E-state index contributed by atoms with van der Waals surface area (Å²) < 4.78 is 0. The van der Waals surface area contributed by atoms with E-state index in [4.69, 9.17) is 11.6 Å². The highest BCUT2D eigenvalue weighted by Crippen LogP contribution is 2.60. The van der Waals surface area contributed by atoms with Gasteiger partial charge < -0.3 is 10.6 Å². The lowest BCUT2D eigenvalue weighted by Gasteiger charge is -2.22. The van der Waals surface area contributed by atoms with Crippen LogP contribution in [0.2, 0.25) is 5.02 Å². The maximum atomic E-state index is 6.25. The Labute approximate surface area is 155 Å². The summed E-state index contributed by atoms with van der Waals surface area (Å²) in [5.74, 6) is 1.83. The van der Waals surface area contributed by atoms with Gasteiger partial charge in [0.1, 0.15) is 0 Å². The van der Waals surface area contributed by atoms with Crippen LogP contribution in [0.15, 0.2) is 29.3 Å². The summed E-state index contributed by atoms with van der Waals surface area (Å²) in [6, 6.07) is 8.10. The molecule has 1 aromatic rings. The molecule has 1 atom stereocenters. The van der Waals surface area contributed by atoms with Crippen molar-refractivity contribution in [1.82, 2.24) is 10.6 Å². The third kappa shape index (κ3) is 4.07. The van der Waals surface area contributed by atoms with Gasteiger partial charge in [-0.15, -0.1) is 24.0 Å². The van der Waals surface area contributed by atoms with Crippen LogP contribution < -0.4 is 10.6 Å². The molecule has 2 saturated carbocycles. The predicted octanol–water partition coefficient (Wildman–Crippen LogP) is 4.37. The number of halogens is 2. The van der Waals surface area contributed by atoms with Crippen molar-refractivity contribution in [1.29, 1.82) is 0 Å². The Hall–Kier alpha value is -0.490. The lowest BCUT2D eigenvalue weighted by molar-refractivity contribution is 0.430. The van der Waals surface area contributed by atoms with Gasteiger partial charge in [0, 0.05) is 18.6 Å². The molecule has 2 aliphatic rings. The zero-order chi connectivity index (χ0) is 14.9. The van der Waals surface area contributed by atoms with E-state index in [1.54, 1.807) is 0 Å². The molecule has 2 N–H and O–H groups in total. The lowest BCUT2D eigenvalue weighted by atomic mass is 10.0. The van der Waals surface area contributed by atoms with E-state index >= 15 is 0 Å². The van der Waals surface area contributed by atoms with Gasteiger partial charge in [0.25, 0.3) is 0 Å². The van der Waals surface area contributed by atoms with Gasteiger partial charge in [0.15, 0.2) is 5.96 Å². The monoisotopic (exact) mass is 433 g/mol. The molecule has 0 amide bonds. The van der Waals surface area contributed by atoms with E-state index in [0.29, 0.717) is 5.41 Å². The van der Waals surface area contributed by atoms with Crippen molar-refractivity contribution >= 4 is 41.5 Å². The van der Waals surface area contributed by atoms with Crippen LogP contribution in [0.3, 0.4) is 0 Å². The molecule has 3 nitrogen and oxygen atoms in total. The molecule has 0 bridgehead atoms. The highest BCUT2D eigenvalue weighted by atomic mass is 127. The largest absolute Gasteiger partial charge is 0.356 e. The van der Waals surface area contributed by atoms with E-state index < -0.39 is 0 Å². The molecule has 1 aromatic carbocycles. The summed E-state index contributed by atoms with van der Waals surface area (Å²) in [6.07, 6.45) is 5.59. The molecule has 0 spiro atoms. The van der Waals surface area contributed by atoms with E-state index in [1.807, 2.05) is 25.2 Å². The van der Waals surface area contributed by atoms with Gasteiger partial charge in [0.2, 0.25) is 0 Å². The highest BCUT2D eigenvalue weighted by molar-refractivity contribution is 14.0. The summed E-state index contributed by atoms with van der Waals surface area (Å²) in [6.45, 7) is 3.16. The standard InChI is InChI=1S/C17H24ClN3.HI/c1-12(14-5-3-4-6-15(14)18)21-16(19-2)20-11-17(9-10-17)13-7-8-13;/h3-6,12-13H,7-11H2,1-2H3,(H2,19,20,21);1H. The van der Waals surface area contributed by atoms with Crippen LogP contribution in [0.1, 0.15) is 44.2 Å². The summed E-state index contributed by atoms with van der Waals surface area (Å²) in [5.41, 5.74) is 1.68. The second kappa shape index (κ2) is 7.39. The molecule has 1 unspecified atom stereocenters. The summed E-state index contributed by atoms with van der Waals surface area (Å²) >= 11 is 6.25. The van der Waals surface area contributed by atoms with E-state index in [9.17, 15) is 0 Å². The first-order valence-corrected chi connectivity index (χ1v) is 8.24. The Kier molecular flexibility index (Phi) is 6.00. The minimum Gasteiger partial charge on any atom is -0.356 e. The number of nitrogens with one attached hydrogen (secondary N) is 2. The van der Waals surface area contributed by atoms with Crippen LogP contribution >= 0.6 is 35.6 Å². The third-order valence-corrected chi connectivity index (χ3v) is 5.24. The minimum absolute atomic E-state index is 0. The molecule has 22 heavy (non-hydrogen) atoms. The molecule has 3 rings (SSSR count). The molecule has 0 radical (unpaired) electrons. The molecule has 5 heteroatoms. The van der Waals surface area contributed by atoms with Crippen molar-refractivity contribution in [3.05, 3.63) is 34.9 Å². The first-order valence-electron chi connectivity index (χ1n) is 7.86. The van der Waals surface area contributed by atoms with E-state index in [-0.39, 0.29) is 30.0 Å². The van der Waals surface area contributed by atoms with Gasteiger partial charge in [-0.25, -0.2) is 0 Å². The lowest BCUT2D eigenvalue weighted by Crippen LogP contribution is -2.41. The molecule has 2 aliphatic carbocycles. The fraction of sp³-hybridized carbons (Fsp3) is 0.588. The first-order chi connectivity index (χ1) is 10.1. The zero-order valence-electron chi connectivity index (χ0n) is 13.2. The highest BCUT2D eigenvalue weighted by Gasteiger charge is 2.53. The first kappa shape index (κ1) is 17.9. The molecule has 0 heterocycles. The van der Waals surface area contributed by atoms with Crippen LogP contribution in [-0.4, -0.2) is 19.6 Å². The second-order valence-electron chi connectivity index (χ2n) is 6.45. The van der Waals surface area contributed by atoms with Crippen molar-refractivity contribution in [3.63, 3.8) is 0 Å². The summed E-state index contributed by atoms with van der Waals surface area (Å²) in [5, 5.41) is 7.74. The van der Waals surface area contributed by atoms with E-state index in [0.717, 1.165) is 29.0 Å². The second-order valence-corrected chi connectivity index (χ2v) is 6.86. The van der Waals surface area contributed by atoms with Crippen molar-refractivity contribution in [2.45, 2.75) is 38.6 Å². The summed E-state index contributed by atoms with van der Waals surface area (Å²) in [7, 11) is 1.82. The van der Waals surface area contributed by atoms with Crippen molar-refractivity contribution in [2.75, 3.05) is 13.6 Å². The number of hydrogen-bond acceptors (Lipinski definition) is 1. The van der Waals surface area contributed by atoms with Crippen LogP contribution in [0.25, 0.3) is 0 Å². The Balaban J connectivity index is 0.00000176. The maximum absolute atomic E-state index is 6.25. The fourth-order valence-corrected chi connectivity index (χ4v) is 3.45. The van der Waals surface area contributed by atoms with Gasteiger partial charge in [-0.05, 0) is 55.6 Å². The molecule has 0 saturated heterocycles. The Bertz CT molecular complexity index is 538. The van der Waals surface area contributed by atoms with Gasteiger partial charge in [-0.1, -0.05) is 29.8 Å². The van der Waals surface area contributed by atoms with Crippen LogP contribution in [-0.2, 0) is 0 Å². The fourth-order valence-electron chi connectivity index (χ4n) is 3.15. The number of nitrogens with zero attached hydrogens (tertiary/aromatic N) is 1. The number of rotatable bonds is 5. The van der Waals surface area contributed by atoms with Crippen LogP contribution in [0, 0.1) is 11.3 Å². The quantitative estimate of drug-likeness (QED) is 0.411. The van der Waals surface area contributed by atoms with E-state index in [2.05, 4.69) is 28.6 Å². The summed E-state index contributed by atoms with van der Waals surface area (Å²) in [4.78, 5) is 4.35. The van der Waals surface area contributed by atoms with Crippen molar-refractivity contribution in [2.24, 2.45) is 16.3 Å². The number of guanidine groups is 1. The molecular formula is C17H25ClIN3. The zero-order valence-corrected chi connectivity index (χ0v) is 16.3. The van der Waals surface area contributed by atoms with Gasteiger partial charge in [0.05, 0.1) is 6.04 Å². The Morgan fingerprint density at radius 2 is 2.05 bits per heavy atom.